The minimum absolute atomic E-state index is 0.108. The molecule has 1 N–H and O–H groups in total. The highest BCUT2D eigenvalue weighted by atomic mass is 32.2. The Morgan fingerprint density at radius 1 is 0.889 bits per heavy atom. The minimum Gasteiger partial charge on any atom is -0.420 e. The van der Waals surface area contributed by atoms with Gasteiger partial charge in [-0.15, -0.1) is 22.0 Å². The normalized spacial score (nSPS) is 11.6. The maximum atomic E-state index is 9.41. The predicted molar refractivity (Wildman–Crippen MR) is 144 cm³/mol. The Labute approximate surface area is 216 Å². The first-order valence-electron chi connectivity index (χ1n) is 12.1. The summed E-state index contributed by atoms with van der Waals surface area (Å²) in [6.45, 7) is 1.43. The van der Waals surface area contributed by atoms with E-state index in [4.69, 9.17) is 9.15 Å². The Bertz CT molecular complexity index is 1230. The first-order valence-corrected chi connectivity index (χ1v) is 13.2. The van der Waals surface area contributed by atoms with Crippen molar-refractivity contribution in [3.8, 4) is 23.3 Å². The van der Waals surface area contributed by atoms with Gasteiger partial charge in [0.1, 0.15) is 0 Å². The van der Waals surface area contributed by atoms with Crippen molar-refractivity contribution < 1.29 is 14.3 Å². The van der Waals surface area contributed by atoms with E-state index in [2.05, 4.69) is 46.3 Å². The molecule has 0 saturated carbocycles. The lowest BCUT2D eigenvalue weighted by Gasteiger charge is -2.08. The zero-order valence-corrected chi connectivity index (χ0v) is 21.0. The summed E-state index contributed by atoms with van der Waals surface area (Å²) in [5.41, 5.74) is 4.19. The van der Waals surface area contributed by atoms with Crippen LogP contribution in [-0.4, -0.2) is 34.3 Å². The van der Waals surface area contributed by atoms with Gasteiger partial charge < -0.3 is 14.3 Å². The van der Waals surface area contributed by atoms with Gasteiger partial charge in [0.2, 0.25) is 11.8 Å². The zero-order valence-electron chi connectivity index (χ0n) is 20.2. The largest absolute Gasteiger partial charge is 0.420 e. The molecule has 1 heterocycles. The summed E-state index contributed by atoms with van der Waals surface area (Å²) in [7, 11) is 0. The van der Waals surface area contributed by atoms with E-state index in [1.54, 1.807) is 11.8 Å². The second kappa shape index (κ2) is 14.3. The smallest absolute Gasteiger partial charge is 0.247 e. The van der Waals surface area contributed by atoms with Crippen LogP contribution in [0.2, 0.25) is 0 Å². The monoisotopic (exact) mass is 498 g/mol. The lowest BCUT2D eigenvalue weighted by molar-refractivity contribution is 0.136. The molecule has 5 nitrogen and oxygen atoms in total. The first kappa shape index (κ1) is 25.7. The Hall–Kier alpha value is -3.37. The van der Waals surface area contributed by atoms with Gasteiger partial charge in [-0.3, -0.25) is 0 Å². The van der Waals surface area contributed by atoms with Crippen LogP contribution in [0.15, 0.2) is 89.3 Å². The van der Waals surface area contributed by atoms with Gasteiger partial charge in [-0.1, -0.05) is 72.5 Å². The van der Waals surface area contributed by atoms with Gasteiger partial charge in [-0.2, -0.15) is 0 Å². The molecule has 0 fully saturated rings. The maximum Gasteiger partial charge on any atom is 0.247 e. The molecule has 3 aromatic carbocycles. The van der Waals surface area contributed by atoms with Gasteiger partial charge in [0.05, 0.1) is 19.0 Å². The van der Waals surface area contributed by atoms with E-state index in [0.29, 0.717) is 37.2 Å². The summed E-state index contributed by atoms with van der Waals surface area (Å²) in [6.07, 6.45) is 1.48. The summed E-state index contributed by atoms with van der Waals surface area (Å²) >= 11 is 1.71. The minimum atomic E-state index is 0.108. The quantitative estimate of drug-likeness (QED) is 0.197. The van der Waals surface area contributed by atoms with Gasteiger partial charge in [0.15, 0.2) is 0 Å². The van der Waals surface area contributed by atoms with Gasteiger partial charge >= 0.3 is 0 Å². The van der Waals surface area contributed by atoms with Crippen LogP contribution < -0.4 is 0 Å². The van der Waals surface area contributed by atoms with E-state index in [1.807, 2.05) is 60.7 Å². The molecule has 184 valence electrons. The fourth-order valence-electron chi connectivity index (χ4n) is 3.63. The van der Waals surface area contributed by atoms with E-state index < -0.39 is 0 Å². The lowest BCUT2D eigenvalue weighted by Crippen LogP contribution is -2.04. The van der Waals surface area contributed by atoms with Crippen LogP contribution in [0.1, 0.15) is 29.0 Å². The number of aliphatic hydroxyl groups excluding tert-OH is 1. The molecule has 0 bridgehead atoms. The molecule has 4 aromatic rings. The van der Waals surface area contributed by atoms with Crippen LogP contribution in [0, 0.1) is 17.8 Å². The van der Waals surface area contributed by atoms with Crippen LogP contribution in [0.5, 0.6) is 0 Å². The Kier molecular flexibility index (Phi) is 10.2. The van der Waals surface area contributed by atoms with Crippen LogP contribution >= 0.6 is 11.8 Å². The van der Waals surface area contributed by atoms with E-state index in [0.717, 1.165) is 23.3 Å². The predicted octanol–water partition coefficient (Wildman–Crippen LogP) is 5.78. The number of nitrogens with zero attached hydrogens (tertiary/aromatic N) is 2. The molecule has 0 spiro atoms. The van der Waals surface area contributed by atoms with E-state index in [9.17, 15) is 5.11 Å². The molecular formula is C30H30N2O3S. The fraction of sp³-hybridized carbons (Fsp3) is 0.267. The third kappa shape index (κ3) is 8.39. The van der Waals surface area contributed by atoms with Crippen LogP contribution in [0.25, 0.3) is 11.5 Å². The zero-order chi connectivity index (χ0) is 24.8. The van der Waals surface area contributed by atoms with Crippen molar-refractivity contribution >= 4 is 11.8 Å². The second-order valence-corrected chi connectivity index (χ2v) is 9.44. The van der Waals surface area contributed by atoms with E-state index in [-0.39, 0.29) is 12.5 Å². The molecule has 0 aliphatic carbocycles. The third-order valence-corrected chi connectivity index (χ3v) is 6.44. The Morgan fingerprint density at radius 2 is 1.61 bits per heavy atom. The molecule has 36 heavy (non-hydrogen) atoms. The molecule has 1 aromatic heterocycles. The average molecular weight is 499 g/mol. The number of hydrogen-bond acceptors (Lipinski definition) is 6. The summed E-state index contributed by atoms with van der Waals surface area (Å²) in [4.78, 5) is 0. The molecule has 1 unspecified atom stereocenters. The van der Waals surface area contributed by atoms with Crippen LogP contribution in [0.3, 0.4) is 0 Å². The number of hydrogen-bond donors (Lipinski definition) is 1. The van der Waals surface area contributed by atoms with Gasteiger partial charge in [0.25, 0.3) is 0 Å². The van der Waals surface area contributed by atoms with E-state index >= 15 is 0 Å². The standard InChI is InChI=1S/C30H30N2O3S/c33-18-17-26(21-25-7-3-1-4-8-25)12-11-24-13-15-28(16-14-24)30-32-31-29(35-30)23-36-20-19-34-22-27-9-5-2-6-10-27/h1-10,13-16,26,33H,17-23H2. The van der Waals surface area contributed by atoms with Crippen molar-refractivity contribution in [1.29, 1.82) is 0 Å². The van der Waals surface area contributed by atoms with Crippen molar-refractivity contribution in [1.82, 2.24) is 10.2 Å². The van der Waals surface area contributed by atoms with Crippen molar-refractivity contribution in [3.63, 3.8) is 0 Å². The van der Waals surface area contributed by atoms with E-state index in [1.165, 1.54) is 11.1 Å². The molecule has 0 amide bonds. The van der Waals surface area contributed by atoms with Gasteiger partial charge in [-0.25, -0.2) is 0 Å². The molecule has 4 rings (SSSR count). The van der Waals surface area contributed by atoms with Gasteiger partial charge in [0, 0.05) is 29.4 Å². The number of thioether (sulfide) groups is 1. The summed E-state index contributed by atoms with van der Waals surface area (Å²) in [5, 5.41) is 17.8. The molecule has 0 aliphatic rings. The number of ether oxygens (including phenoxy) is 1. The topological polar surface area (TPSA) is 68.4 Å². The van der Waals surface area contributed by atoms with Crippen molar-refractivity contribution in [2.24, 2.45) is 5.92 Å². The third-order valence-electron chi connectivity index (χ3n) is 5.53. The summed E-state index contributed by atoms with van der Waals surface area (Å²) in [6, 6.07) is 28.2. The van der Waals surface area contributed by atoms with Crippen LogP contribution in [0.4, 0.5) is 0 Å². The van der Waals surface area contributed by atoms with Crippen LogP contribution in [-0.2, 0) is 23.5 Å². The maximum absolute atomic E-state index is 9.41. The Balaban J connectivity index is 1.24. The molecule has 0 saturated heterocycles. The molecule has 0 radical (unpaired) electrons. The molecule has 0 aliphatic heterocycles. The van der Waals surface area contributed by atoms with Crippen molar-refractivity contribution in [3.05, 3.63) is 108 Å². The lowest BCUT2D eigenvalue weighted by atomic mass is 9.96. The molecular weight excluding hydrogens is 468 g/mol. The Morgan fingerprint density at radius 3 is 2.33 bits per heavy atom. The highest BCUT2D eigenvalue weighted by Crippen LogP contribution is 2.21. The number of aromatic nitrogens is 2. The number of benzene rings is 3. The SMILES string of the molecule is OCCC(C#Cc1ccc(-c2nnc(CSCCOCc3ccccc3)o2)cc1)Cc1ccccc1. The van der Waals surface area contributed by atoms with Crippen molar-refractivity contribution in [2.45, 2.75) is 25.2 Å². The molecule has 1 atom stereocenters. The second-order valence-electron chi connectivity index (χ2n) is 8.34. The van der Waals surface area contributed by atoms with Gasteiger partial charge in [-0.05, 0) is 48.2 Å². The summed E-state index contributed by atoms with van der Waals surface area (Å²) < 4.78 is 11.5. The first-order chi connectivity index (χ1) is 17.8. The van der Waals surface area contributed by atoms with Crippen molar-refractivity contribution in [2.75, 3.05) is 19.0 Å². The highest BCUT2D eigenvalue weighted by molar-refractivity contribution is 7.98. The number of aliphatic hydroxyl groups is 1. The fourth-order valence-corrected chi connectivity index (χ4v) is 4.30. The number of rotatable bonds is 12. The molecule has 6 heteroatoms. The highest BCUT2D eigenvalue weighted by Gasteiger charge is 2.09. The summed E-state index contributed by atoms with van der Waals surface area (Å²) in [5.74, 6) is 9.30. The average Bonchev–Trinajstić information content (AvgIpc) is 3.40.